The van der Waals surface area contributed by atoms with Crippen LogP contribution in [-0.4, -0.2) is 20.1 Å². The number of carbonyl (C=O) groups excluding carboxylic acids is 1. The van der Waals surface area contributed by atoms with Crippen LogP contribution in [0.25, 0.3) is 22.0 Å². The molecule has 2 N–H and O–H groups in total. The summed E-state index contributed by atoms with van der Waals surface area (Å²) in [5.41, 5.74) is 3.80. The van der Waals surface area contributed by atoms with E-state index < -0.39 is 0 Å². The summed E-state index contributed by atoms with van der Waals surface area (Å²) in [6.45, 7) is 0. The Balaban J connectivity index is 1.84. The third kappa shape index (κ3) is 2.57. The van der Waals surface area contributed by atoms with Crippen LogP contribution in [-0.2, 0) is 0 Å². The van der Waals surface area contributed by atoms with E-state index in [0.29, 0.717) is 5.69 Å². The van der Waals surface area contributed by atoms with Gasteiger partial charge in [-0.25, -0.2) is 4.09 Å². The van der Waals surface area contributed by atoms with Gasteiger partial charge in [-0.1, -0.05) is 36.4 Å². The van der Waals surface area contributed by atoms with Crippen LogP contribution in [0, 0.1) is 0 Å². The van der Waals surface area contributed by atoms with Crippen molar-refractivity contribution in [3.63, 3.8) is 0 Å². The molecule has 4 aromatic rings. The summed E-state index contributed by atoms with van der Waals surface area (Å²) in [7, 11) is 0. The number of hydrogen-bond donors (Lipinski definition) is 3. The van der Waals surface area contributed by atoms with Crippen molar-refractivity contribution in [1.29, 1.82) is 0 Å². The van der Waals surface area contributed by atoms with E-state index in [2.05, 4.69) is 28.2 Å². The number of para-hydroxylation sites is 2. The van der Waals surface area contributed by atoms with Crippen LogP contribution in [0.1, 0.15) is 10.5 Å². The topological polar surface area (TPSA) is 62.7 Å². The van der Waals surface area contributed by atoms with Gasteiger partial charge in [-0.05, 0) is 31.0 Å². The van der Waals surface area contributed by atoms with Crippen molar-refractivity contribution in [2.24, 2.45) is 0 Å². The molecule has 0 aliphatic carbocycles. The zero-order valence-electron chi connectivity index (χ0n) is 12.6. The highest BCUT2D eigenvalue weighted by Crippen LogP contribution is 2.32. The Morgan fingerprint density at radius 3 is 2.58 bits per heavy atom. The molecule has 5 nitrogen and oxygen atoms in total. The summed E-state index contributed by atoms with van der Waals surface area (Å²) < 4.78 is 1.43. The molecule has 4 rings (SSSR count). The zero-order chi connectivity index (χ0) is 16.5. The maximum atomic E-state index is 12.8. The molecule has 2 heterocycles. The van der Waals surface area contributed by atoms with Gasteiger partial charge >= 0.3 is 0 Å². The number of aromatic amines is 1. The van der Waals surface area contributed by atoms with E-state index in [9.17, 15) is 4.79 Å². The van der Waals surface area contributed by atoms with Crippen molar-refractivity contribution in [1.82, 2.24) is 14.2 Å². The lowest BCUT2D eigenvalue weighted by atomic mass is 10.0. The minimum absolute atomic E-state index is 0.195. The molecule has 0 saturated carbocycles. The molecule has 0 atom stereocenters. The van der Waals surface area contributed by atoms with Gasteiger partial charge < -0.3 is 10.3 Å². The molecular formula is C18H14N4OS. The van der Waals surface area contributed by atoms with Crippen LogP contribution in [0.3, 0.4) is 0 Å². The van der Waals surface area contributed by atoms with Crippen LogP contribution in [0.15, 0.2) is 67.0 Å². The van der Waals surface area contributed by atoms with Gasteiger partial charge in [0, 0.05) is 33.9 Å². The maximum absolute atomic E-state index is 12.8. The van der Waals surface area contributed by atoms with E-state index in [1.807, 2.05) is 54.6 Å². The van der Waals surface area contributed by atoms with Gasteiger partial charge in [0.2, 0.25) is 0 Å². The Kier molecular flexibility index (Phi) is 3.59. The standard InChI is InChI=1S/C18H14N4OS/c23-18(20-13-6-2-1-3-7-13)17-16(12-10-19-22(24)11-12)14-8-4-5-9-15(14)21-17/h1-11,21,24H,(H,20,23). The minimum Gasteiger partial charge on any atom is -0.350 e. The SMILES string of the molecule is O=C(Nc1ccccc1)c1[nH]c2ccccc2c1-c1cnn(S)c1. The number of nitrogens with one attached hydrogen (secondary N) is 2. The highest BCUT2D eigenvalue weighted by Gasteiger charge is 2.20. The van der Waals surface area contributed by atoms with Gasteiger partial charge in [-0.2, -0.15) is 5.10 Å². The lowest BCUT2D eigenvalue weighted by Gasteiger charge is -2.05. The molecule has 0 aliphatic heterocycles. The van der Waals surface area contributed by atoms with Crippen molar-refractivity contribution in [3.8, 4) is 11.1 Å². The number of benzene rings is 2. The average Bonchev–Trinajstić information content (AvgIpc) is 3.19. The normalized spacial score (nSPS) is 10.9. The number of anilines is 1. The zero-order valence-corrected chi connectivity index (χ0v) is 13.5. The quantitative estimate of drug-likeness (QED) is 0.496. The predicted octanol–water partition coefficient (Wildman–Crippen LogP) is 3.98. The molecular weight excluding hydrogens is 320 g/mol. The summed E-state index contributed by atoms with van der Waals surface area (Å²) in [5, 5.41) is 7.99. The van der Waals surface area contributed by atoms with Gasteiger partial charge in [-0.15, -0.1) is 0 Å². The van der Waals surface area contributed by atoms with Gasteiger partial charge in [0.05, 0.1) is 6.20 Å². The minimum atomic E-state index is -0.195. The van der Waals surface area contributed by atoms with E-state index in [1.165, 1.54) is 4.09 Å². The van der Waals surface area contributed by atoms with Crippen LogP contribution >= 0.6 is 12.8 Å². The number of nitrogens with zero attached hydrogens (tertiary/aromatic N) is 2. The molecule has 6 heteroatoms. The Labute approximate surface area is 143 Å². The average molecular weight is 334 g/mol. The summed E-state index contributed by atoms with van der Waals surface area (Å²) in [5.74, 6) is -0.195. The molecule has 0 saturated heterocycles. The summed E-state index contributed by atoms with van der Waals surface area (Å²) >= 11 is 4.19. The molecule has 2 aromatic heterocycles. The lowest BCUT2D eigenvalue weighted by molar-refractivity contribution is 0.102. The number of H-pyrrole nitrogens is 1. The molecule has 0 bridgehead atoms. The number of fused-ring (bicyclic) bond motifs is 1. The van der Waals surface area contributed by atoms with E-state index >= 15 is 0 Å². The lowest BCUT2D eigenvalue weighted by Crippen LogP contribution is -2.13. The highest BCUT2D eigenvalue weighted by atomic mass is 32.1. The number of amides is 1. The molecule has 24 heavy (non-hydrogen) atoms. The van der Waals surface area contributed by atoms with E-state index in [-0.39, 0.29) is 5.91 Å². The first-order chi connectivity index (χ1) is 11.7. The Morgan fingerprint density at radius 1 is 1.08 bits per heavy atom. The summed E-state index contributed by atoms with van der Waals surface area (Å²) in [6.07, 6.45) is 3.47. The summed E-state index contributed by atoms with van der Waals surface area (Å²) in [4.78, 5) is 16.0. The van der Waals surface area contributed by atoms with Crippen LogP contribution in [0.5, 0.6) is 0 Å². The number of thiol groups is 1. The molecule has 0 spiro atoms. The molecule has 118 valence electrons. The molecule has 0 radical (unpaired) electrons. The van der Waals surface area contributed by atoms with E-state index in [0.717, 1.165) is 27.7 Å². The Bertz CT molecular complexity index is 1020. The molecule has 0 unspecified atom stereocenters. The monoisotopic (exact) mass is 334 g/mol. The Hall–Kier alpha value is -2.99. The third-order valence-electron chi connectivity index (χ3n) is 3.82. The van der Waals surface area contributed by atoms with Crippen molar-refractivity contribution in [3.05, 3.63) is 72.7 Å². The Morgan fingerprint density at radius 2 is 1.83 bits per heavy atom. The highest BCUT2D eigenvalue weighted by molar-refractivity contribution is 7.78. The first kappa shape index (κ1) is 14.6. The van der Waals surface area contributed by atoms with Crippen LogP contribution < -0.4 is 5.32 Å². The second kappa shape index (κ2) is 5.90. The number of hydrogen-bond acceptors (Lipinski definition) is 3. The van der Waals surface area contributed by atoms with Gasteiger partial charge in [0.15, 0.2) is 0 Å². The number of carbonyl (C=O) groups is 1. The predicted molar refractivity (Wildman–Crippen MR) is 98.3 cm³/mol. The van der Waals surface area contributed by atoms with Crippen molar-refractivity contribution < 1.29 is 4.79 Å². The fourth-order valence-corrected chi connectivity index (χ4v) is 2.94. The number of rotatable bonds is 3. The van der Waals surface area contributed by atoms with Crippen molar-refractivity contribution in [2.45, 2.75) is 0 Å². The van der Waals surface area contributed by atoms with E-state index in [1.54, 1.807) is 12.4 Å². The second-order valence-corrected chi connectivity index (χ2v) is 5.80. The fourth-order valence-electron chi connectivity index (χ4n) is 2.77. The van der Waals surface area contributed by atoms with Crippen LogP contribution in [0.2, 0.25) is 0 Å². The van der Waals surface area contributed by atoms with Gasteiger partial charge in [0.25, 0.3) is 5.91 Å². The molecule has 0 fully saturated rings. The van der Waals surface area contributed by atoms with Gasteiger partial charge in [0.1, 0.15) is 5.69 Å². The fraction of sp³-hybridized carbons (Fsp3) is 0. The largest absolute Gasteiger partial charge is 0.350 e. The third-order valence-corrected chi connectivity index (χ3v) is 4.04. The molecule has 1 amide bonds. The first-order valence-corrected chi connectivity index (χ1v) is 7.84. The van der Waals surface area contributed by atoms with Crippen LogP contribution in [0.4, 0.5) is 5.69 Å². The first-order valence-electron chi connectivity index (χ1n) is 7.44. The maximum Gasteiger partial charge on any atom is 0.272 e. The van der Waals surface area contributed by atoms with Crippen molar-refractivity contribution >= 4 is 35.3 Å². The number of aromatic nitrogens is 3. The van der Waals surface area contributed by atoms with Gasteiger partial charge in [-0.3, -0.25) is 4.79 Å². The summed E-state index contributed by atoms with van der Waals surface area (Å²) in [6, 6.07) is 17.2. The van der Waals surface area contributed by atoms with Crippen molar-refractivity contribution in [2.75, 3.05) is 5.32 Å². The molecule has 2 aromatic carbocycles. The van der Waals surface area contributed by atoms with E-state index in [4.69, 9.17) is 0 Å². The smallest absolute Gasteiger partial charge is 0.272 e. The molecule has 0 aliphatic rings. The second-order valence-electron chi connectivity index (χ2n) is 5.39.